The van der Waals surface area contributed by atoms with Crippen LogP contribution in [-0.4, -0.2) is 38.6 Å². The predicted molar refractivity (Wildman–Crippen MR) is 94.2 cm³/mol. The number of aryl methyl sites for hydroxylation is 1. The van der Waals surface area contributed by atoms with Crippen molar-refractivity contribution in [2.24, 2.45) is 0 Å². The number of tetrazole rings is 1. The van der Waals surface area contributed by atoms with Gasteiger partial charge in [0, 0.05) is 5.56 Å². The molecule has 0 atom stereocenters. The van der Waals surface area contributed by atoms with Crippen LogP contribution in [0.1, 0.15) is 39.6 Å². The molecule has 1 aromatic heterocycles. The molecule has 0 fully saturated rings. The topological polar surface area (TPSA) is 87.0 Å². The fourth-order valence-electron chi connectivity index (χ4n) is 2.56. The second-order valence-electron chi connectivity index (χ2n) is 5.72. The van der Waals surface area contributed by atoms with Crippen molar-refractivity contribution in [1.82, 2.24) is 20.2 Å². The molecule has 7 heteroatoms. The number of aromatic nitrogens is 4. The smallest absolute Gasteiger partial charge is 0.340 e. The largest absolute Gasteiger partial charge is 0.454 e. The monoisotopic (exact) mass is 350 g/mol. The lowest BCUT2D eigenvalue weighted by atomic mass is 10.1. The number of para-hydroxylation sites is 1. The van der Waals surface area contributed by atoms with Crippen molar-refractivity contribution < 1.29 is 14.3 Å². The normalized spacial score (nSPS) is 10.5. The number of nitrogens with zero attached hydrogens (tertiary/aromatic N) is 4. The lowest BCUT2D eigenvalue weighted by Crippen LogP contribution is -2.16. The number of carbonyl (C=O) groups excluding carboxylic acids is 2. The SMILES string of the molecule is CCCc1ccc(C(=O)COC(=O)c2ccccc2-n2cnnn2)cc1. The molecule has 7 nitrogen and oxygen atoms in total. The molecule has 0 aliphatic rings. The van der Waals surface area contributed by atoms with Crippen LogP contribution < -0.4 is 0 Å². The maximum absolute atomic E-state index is 12.4. The summed E-state index contributed by atoms with van der Waals surface area (Å²) in [6.45, 7) is 1.78. The summed E-state index contributed by atoms with van der Waals surface area (Å²) in [5.74, 6) is -0.853. The highest BCUT2D eigenvalue weighted by molar-refractivity contribution is 6.00. The molecule has 2 aromatic carbocycles. The summed E-state index contributed by atoms with van der Waals surface area (Å²) in [4.78, 5) is 24.6. The molecule has 0 aliphatic heterocycles. The Labute approximate surface area is 150 Å². The van der Waals surface area contributed by atoms with Gasteiger partial charge in [0.25, 0.3) is 0 Å². The molecule has 0 bridgehead atoms. The number of carbonyl (C=O) groups is 2. The number of ether oxygens (including phenoxy) is 1. The van der Waals surface area contributed by atoms with Gasteiger partial charge in [-0.05, 0) is 34.5 Å². The van der Waals surface area contributed by atoms with Crippen molar-refractivity contribution in [1.29, 1.82) is 0 Å². The number of Topliss-reactive ketones (excluding diaryl/α,β-unsaturated/α-hetero) is 1. The van der Waals surface area contributed by atoms with Gasteiger partial charge in [0.15, 0.2) is 12.4 Å². The predicted octanol–water partition coefficient (Wildman–Crippen LogP) is 2.65. The minimum atomic E-state index is -0.605. The zero-order valence-electron chi connectivity index (χ0n) is 14.3. The van der Waals surface area contributed by atoms with Gasteiger partial charge in [-0.3, -0.25) is 4.79 Å². The average Bonchev–Trinajstić information content (AvgIpc) is 3.21. The van der Waals surface area contributed by atoms with Crippen LogP contribution in [0.4, 0.5) is 0 Å². The molecule has 0 radical (unpaired) electrons. The molecule has 132 valence electrons. The number of hydrogen-bond acceptors (Lipinski definition) is 6. The lowest BCUT2D eigenvalue weighted by molar-refractivity contribution is 0.0474. The van der Waals surface area contributed by atoms with Gasteiger partial charge in [0.2, 0.25) is 0 Å². The van der Waals surface area contributed by atoms with E-state index < -0.39 is 5.97 Å². The standard InChI is InChI=1S/C19H18N4O3/c1-2-5-14-8-10-15(11-9-14)18(24)12-26-19(25)16-6-3-4-7-17(16)23-13-20-21-22-23/h3-4,6-11,13H,2,5,12H2,1H3. The molecular weight excluding hydrogens is 332 g/mol. The first-order valence-electron chi connectivity index (χ1n) is 8.30. The summed E-state index contributed by atoms with van der Waals surface area (Å²) in [7, 11) is 0. The Kier molecular flexibility index (Phi) is 5.48. The van der Waals surface area contributed by atoms with E-state index in [-0.39, 0.29) is 18.0 Å². The van der Waals surface area contributed by atoms with Gasteiger partial charge in [-0.1, -0.05) is 49.7 Å². The van der Waals surface area contributed by atoms with E-state index in [0.717, 1.165) is 12.8 Å². The molecule has 0 saturated carbocycles. The molecule has 1 heterocycles. The van der Waals surface area contributed by atoms with Crippen molar-refractivity contribution in [3.8, 4) is 5.69 Å². The fourth-order valence-corrected chi connectivity index (χ4v) is 2.56. The van der Waals surface area contributed by atoms with Crippen LogP contribution in [0.25, 0.3) is 5.69 Å². The first-order chi connectivity index (χ1) is 12.7. The summed E-state index contributed by atoms with van der Waals surface area (Å²) in [6, 6.07) is 14.1. The van der Waals surface area contributed by atoms with E-state index in [4.69, 9.17) is 4.74 Å². The summed E-state index contributed by atoms with van der Waals surface area (Å²) in [5, 5.41) is 10.9. The van der Waals surface area contributed by atoms with Gasteiger partial charge >= 0.3 is 5.97 Å². The molecule has 3 rings (SSSR count). The number of esters is 1. The Hall–Kier alpha value is -3.35. The van der Waals surface area contributed by atoms with Gasteiger partial charge in [-0.2, -0.15) is 4.68 Å². The van der Waals surface area contributed by atoms with Gasteiger partial charge < -0.3 is 4.74 Å². The van der Waals surface area contributed by atoms with E-state index in [1.54, 1.807) is 36.4 Å². The third-order valence-corrected chi connectivity index (χ3v) is 3.87. The van der Waals surface area contributed by atoms with Crippen LogP contribution in [-0.2, 0) is 11.2 Å². The van der Waals surface area contributed by atoms with Crippen molar-refractivity contribution >= 4 is 11.8 Å². The van der Waals surface area contributed by atoms with Crippen LogP contribution in [0.15, 0.2) is 54.9 Å². The molecule has 3 aromatic rings. The Bertz CT molecular complexity index is 889. The number of hydrogen-bond donors (Lipinski definition) is 0. The fraction of sp³-hybridized carbons (Fsp3) is 0.211. The third-order valence-electron chi connectivity index (χ3n) is 3.87. The van der Waals surface area contributed by atoms with Crippen molar-refractivity contribution in [2.45, 2.75) is 19.8 Å². The maximum Gasteiger partial charge on any atom is 0.340 e. The van der Waals surface area contributed by atoms with Gasteiger partial charge in [-0.25, -0.2) is 4.79 Å². The van der Waals surface area contributed by atoms with Crippen molar-refractivity contribution in [3.05, 3.63) is 71.5 Å². The van der Waals surface area contributed by atoms with Crippen LogP contribution in [0.5, 0.6) is 0 Å². The third kappa shape index (κ3) is 4.00. The maximum atomic E-state index is 12.4. The number of benzene rings is 2. The van der Waals surface area contributed by atoms with Crippen LogP contribution in [0.3, 0.4) is 0 Å². The molecule has 0 amide bonds. The van der Waals surface area contributed by atoms with Crippen LogP contribution in [0, 0.1) is 0 Å². The Morgan fingerprint density at radius 3 is 2.54 bits per heavy atom. The average molecular weight is 350 g/mol. The minimum Gasteiger partial charge on any atom is -0.454 e. The number of ketones is 1. The van der Waals surface area contributed by atoms with Crippen LogP contribution in [0.2, 0.25) is 0 Å². The van der Waals surface area contributed by atoms with Gasteiger partial charge in [0.1, 0.15) is 6.33 Å². The molecule has 26 heavy (non-hydrogen) atoms. The first-order valence-corrected chi connectivity index (χ1v) is 8.30. The summed E-state index contributed by atoms with van der Waals surface area (Å²) >= 11 is 0. The molecule has 0 saturated heterocycles. The second-order valence-corrected chi connectivity index (χ2v) is 5.72. The Morgan fingerprint density at radius 2 is 1.85 bits per heavy atom. The van der Waals surface area contributed by atoms with Gasteiger partial charge in [0.05, 0.1) is 11.3 Å². The quantitative estimate of drug-likeness (QED) is 0.481. The zero-order valence-corrected chi connectivity index (χ0v) is 14.3. The zero-order chi connectivity index (χ0) is 18.4. The summed E-state index contributed by atoms with van der Waals surface area (Å²) < 4.78 is 6.56. The summed E-state index contributed by atoms with van der Waals surface area (Å²) in [5.41, 5.74) is 2.47. The Balaban J connectivity index is 1.67. The highest BCUT2D eigenvalue weighted by Crippen LogP contribution is 2.14. The number of rotatable bonds is 7. The molecule has 0 N–H and O–H groups in total. The van der Waals surface area contributed by atoms with Crippen molar-refractivity contribution in [2.75, 3.05) is 6.61 Å². The van der Waals surface area contributed by atoms with E-state index in [0.29, 0.717) is 11.3 Å². The van der Waals surface area contributed by atoms with E-state index in [2.05, 4.69) is 22.4 Å². The minimum absolute atomic E-state index is 0.249. The Morgan fingerprint density at radius 1 is 1.08 bits per heavy atom. The first kappa shape index (κ1) is 17.5. The molecule has 0 spiro atoms. The second kappa shape index (κ2) is 8.15. The highest BCUT2D eigenvalue weighted by atomic mass is 16.5. The lowest BCUT2D eigenvalue weighted by Gasteiger charge is -2.08. The highest BCUT2D eigenvalue weighted by Gasteiger charge is 2.16. The molecule has 0 aliphatic carbocycles. The van der Waals surface area contributed by atoms with E-state index in [9.17, 15) is 9.59 Å². The molecule has 0 unspecified atom stereocenters. The van der Waals surface area contributed by atoms with E-state index in [1.165, 1.54) is 16.6 Å². The van der Waals surface area contributed by atoms with E-state index >= 15 is 0 Å². The van der Waals surface area contributed by atoms with E-state index in [1.807, 2.05) is 12.1 Å². The molecular formula is C19H18N4O3. The van der Waals surface area contributed by atoms with Crippen LogP contribution >= 0.6 is 0 Å². The van der Waals surface area contributed by atoms with Crippen molar-refractivity contribution in [3.63, 3.8) is 0 Å². The van der Waals surface area contributed by atoms with Gasteiger partial charge in [-0.15, -0.1) is 5.10 Å². The summed E-state index contributed by atoms with van der Waals surface area (Å²) in [6.07, 6.45) is 3.40.